The zero-order valence-corrected chi connectivity index (χ0v) is 13.0. The molecule has 0 aliphatic heterocycles. The van der Waals surface area contributed by atoms with Crippen LogP contribution in [0, 0.1) is 0 Å². The highest BCUT2D eigenvalue weighted by Crippen LogP contribution is 2.21. The Morgan fingerprint density at radius 2 is 1.91 bits per heavy atom. The lowest BCUT2D eigenvalue weighted by Crippen LogP contribution is -2.46. The van der Waals surface area contributed by atoms with E-state index in [9.17, 15) is 14.7 Å². The van der Waals surface area contributed by atoms with Gasteiger partial charge in [-0.3, -0.25) is 0 Å². The third kappa shape index (κ3) is 5.09. The largest absolute Gasteiger partial charge is 0.497 e. The SMILES string of the molecule is COC(=O)C(NC(=O)OCCCl)C(O)c1ccc(OC)cc1. The molecular weight excluding hydrogens is 314 g/mol. The minimum absolute atomic E-state index is 0.0140. The minimum Gasteiger partial charge on any atom is -0.497 e. The smallest absolute Gasteiger partial charge is 0.407 e. The van der Waals surface area contributed by atoms with Crippen molar-refractivity contribution in [1.29, 1.82) is 0 Å². The average molecular weight is 332 g/mol. The topological polar surface area (TPSA) is 94.1 Å². The van der Waals surface area contributed by atoms with Crippen molar-refractivity contribution in [2.24, 2.45) is 0 Å². The van der Waals surface area contributed by atoms with Crippen LogP contribution in [0.1, 0.15) is 11.7 Å². The van der Waals surface area contributed by atoms with E-state index in [1.54, 1.807) is 24.3 Å². The summed E-state index contributed by atoms with van der Waals surface area (Å²) >= 11 is 5.40. The van der Waals surface area contributed by atoms with E-state index < -0.39 is 24.2 Å². The first kappa shape index (κ1) is 18.1. The number of hydrogen-bond donors (Lipinski definition) is 2. The number of alkyl carbamates (subject to hydrolysis) is 1. The van der Waals surface area contributed by atoms with E-state index in [2.05, 4.69) is 10.1 Å². The number of amides is 1. The molecule has 0 radical (unpaired) electrons. The first-order valence-corrected chi connectivity index (χ1v) is 6.96. The third-order valence-electron chi connectivity index (χ3n) is 2.81. The number of alkyl halides is 1. The summed E-state index contributed by atoms with van der Waals surface area (Å²) in [5.41, 5.74) is 0.411. The summed E-state index contributed by atoms with van der Waals surface area (Å²) in [4.78, 5) is 23.3. The van der Waals surface area contributed by atoms with E-state index in [0.717, 1.165) is 7.11 Å². The summed E-state index contributed by atoms with van der Waals surface area (Å²) < 4.78 is 14.3. The Balaban J connectivity index is 2.85. The molecule has 22 heavy (non-hydrogen) atoms. The number of nitrogens with one attached hydrogen (secondary N) is 1. The summed E-state index contributed by atoms with van der Waals surface area (Å²) in [6.45, 7) is -0.0140. The maximum Gasteiger partial charge on any atom is 0.407 e. The highest BCUT2D eigenvalue weighted by molar-refractivity contribution is 6.18. The van der Waals surface area contributed by atoms with E-state index in [0.29, 0.717) is 11.3 Å². The van der Waals surface area contributed by atoms with Crippen molar-refractivity contribution in [3.63, 3.8) is 0 Å². The van der Waals surface area contributed by atoms with Gasteiger partial charge in [0.2, 0.25) is 0 Å². The van der Waals surface area contributed by atoms with Gasteiger partial charge in [-0.15, -0.1) is 11.6 Å². The number of benzene rings is 1. The number of rotatable bonds is 7. The fraction of sp³-hybridized carbons (Fsp3) is 0.429. The molecule has 2 unspecified atom stereocenters. The predicted molar refractivity (Wildman–Crippen MR) is 79.0 cm³/mol. The molecule has 122 valence electrons. The van der Waals surface area contributed by atoms with Crippen molar-refractivity contribution in [3.8, 4) is 5.75 Å². The molecule has 0 spiro atoms. The van der Waals surface area contributed by atoms with Gasteiger partial charge in [0.15, 0.2) is 6.04 Å². The number of aliphatic hydroxyl groups is 1. The van der Waals surface area contributed by atoms with Gasteiger partial charge >= 0.3 is 12.1 Å². The first-order chi connectivity index (χ1) is 10.5. The van der Waals surface area contributed by atoms with Gasteiger partial charge in [0, 0.05) is 0 Å². The lowest BCUT2D eigenvalue weighted by Gasteiger charge is -2.22. The first-order valence-electron chi connectivity index (χ1n) is 6.42. The van der Waals surface area contributed by atoms with Crippen LogP contribution < -0.4 is 10.1 Å². The Hall–Kier alpha value is -1.99. The molecular formula is C14H18ClNO6. The molecule has 0 aromatic heterocycles. The standard InChI is InChI=1S/C14H18ClNO6/c1-20-10-5-3-9(4-6-10)12(17)11(13(18)21-2)16-14(19)22-8-7-15/h3-6,11-12,17H,7-8H2,1-2H3,(H,16,19). The van der Waals surface area contributed by atoms with Gasteiger partial charge in [-0.05, 0) is 17.7 Å². The van der Waals surface area contributed by atoms with Crippen molar-refractivity contribution >= 4 is 23.7 Å². The molecule has 2 atom stereocenters. The van der Waals surface area contributed by atoms with Crippen LogP contribution in [0.25, 0.3) is 0 Å². The Kier molecular flexibility index (Phi) is 7.48. The van der Waals surface area contributed by atoms with Crippen molar-refractivity contribution in [2.75, 3.05) is 26.7 Å². The van der Waals surface area contributed by atoms with E-state index in [1.165, 1.54) is 7.11 Å². The second kappa shape index (κ2) is 9.11. The quantitative estimate of drug-likeness (QED) is 0.576. The van der Waals surface area contributed by atoms with Gasteiger partial charge in [-0.2, -0.15) is 0 Å². The summed E-state index contributed by atoms with van der Waals surface area (Å²) in [6.07, 6.45) is -2.18. The number of carbonyl (C=O) groups is 2. The number of esters is 1. The van der Waals surface area contributed by atoms with Gasteiger partial charge < -0.3 is 24.6 Å². The van der Waals surface area contributed by atoms with Crippen molar-refractivity contribution in [1.82, 2.24) is 5.32 Å². The molecule has 0 aliphatic carbocycles. The van der Waals surface area contributed by atoms with E-state index in [-0.39, 0.29) is 12.5 Å². The number of methoxy groups -OCH3 is 2. The monoisotopic (exact) mass is 331 g/mol. The predicted octanol–water partition coefficient (Wildman–Crippen LogP) is 1.24. The number of hydrogen-bond acceptors (Lipinski definition) is 6. The average Bonchev–Trinajstić information content (AvgIpc) is 2.56. The number of carbonyl (C=O) groups excluding carboxylic acids is 2. The summed E-state index contributed by atoms with van der Waals surface area (Å²) in [6, 6.07) is 5.09. The molecule has 2 N–H and O–H groups in total. The van der Waals surface area contributed by atoms with Gasteiger partial charge in [-0.1, -0.05) is 12.1 Å². The van der Waals surface area contributed by atoms with Crippen LogP contribution in [0.15, 0.2) is 24.3 Å². The number of ether oxygens (including phenoxy) is 3. The van der Waals surface area contributed by atoms with Crippen LogP contribution in [0.5, 0.6) is 5.75 Å². The van der Waals surface area contributed by atoms with Crippen LogP contribution >= 0.6 is 11.6 Å². The van der Waals surface area contributed by atoms with Crippen molar-refractivity contribution in [3.05, 3.63) is 29.8 Å². The summed E-state index contributed by atoms with van der Waals surface area (Å²) in [5, 5.41) is 12.5. The zero-order chi connectivity index (χ0) is 16.5. The van der Waals surface area contributed by atoms with E-state index >= 15 is 0 Å². The minimum atomic E-state index is -1.30. The molecule has 7 nitrogen and oxygen atoms in total. The molecule has 1 aromatic carbocycles. The lowest BCUT2D eigenvalue weighted by molar-refractivity contribution is -0.146. The van der Waals surface area contributed by atoms with Crippen LogP contribution in [0.2, 0.25) is 0 Å². The molecule has 0 aliphatic rings. The van der Waals surface area contributed by atoms with Crippen LogP contribution in [0.4, 0.5) is 4.79 Å². The number of halogens is 1. The maximum absolute atomic E-state index is 11.8. The summed E-state index contributed by atoms with van der Waals surface area (Å²) in [5.74, 6) is -0.0802. The maximum atomic E-state index is 11.8. The van der Waals surface area contributed by atoms with Crippen molar-refractivity contribution in [2.45, 2.75) is 12.1 Å². The molecule has 1 amide bonds. The Labute approximate surface area is 133 Å². The second-order valence-corrected chi connectivity index (χ2v) is 4.57. The van der Waals surface area contributed by atoms with Crippen LogP contribution in [0.3, 0.4) is 0 Å². The van der Waals surface area contributed by atoms with Gasteiger partial charge in [0.1, 0.15) is 18.5 Å². The molecule has 0 fully saturated rings. The highest BCUT2D eigenvalue weighted by Gasteiger charge is 2.31. The molecule has 0 heterocycles. The highest BCUT2D eigenvalue weighted by atomic mass is 35.5. The van der Waals surface area contributed by atoms with Gasteiger partial charge in [-0.25, -0.2) is 9.59 Å². The van der Waals surface area contributed by atoms with Crippen molar-refractivity contribution < 1.29 is 28.9 Å². The molecule has 0 saturated carbocycles. The molecule has 0 saturated heterocycles. The van der Waals surface area contributed by atoms with Gasteiger partial charge in [0.25, 0.3) is 0 Å². The Bertz CT molecular complexity index is 493. The van der Waals surface area contributed by atoms with E-state index in [4.69, 9.17) is 21.1 Å². The molecule has 1 rings (SSSR count). The lowest BCUT2D eigenvalue weighted by atomic mass is 10.0. The Morgan fingerprint density at radius 1 is 1.27 bits per heavy atom. The van der Waals surface area contributed by atoms with Crippen LogP contribution in [-0.2, 0) is 14.3 Å². The Morgan fingerprint density at radius 3 is 2.41 bits per heavy atom. The fourth-order valence-electron chi connectivity index (χ4n) is 1.69. The zero-order valence-electron chi connectivity index (χ0n) is 12.2. The molecule has 8 heteroatoms. The number of aliphatic hydroxyl groups excluding tert-OH is 1. The second-order valence-electron chi connectivity index (χ2n) is 4.19. The molecule has 0 bridgehead atoms. The fourth-order valence-corrected chi connectivity index (χ4v) is 1.76. The van der Waals surface area contributed by atoms with Crippen LogP contribution in [-0.4, -0.2) is 49.9 Å². The van der Waals surface area contributed by atoms with E-state index in [1.807, 2.05) is 0 Å². The molecule has 1 aromatic rings. The summed E-state index contributed by atoms with van der Waals surface area (Å²) in [7, 11) is 2.67. The van der Waals surface area contributed by atoms with Gasteiger partial charge in [0.05, 0.1) is 20.1 Å². The third-order valence-corrected chi connectivity index (χ3v) is 2.97. The normalized spacial score (nSPS) is 12.9.